The highest BCUT2D eigenvalue weighted by molar-refractivity contribution is 6.22. The van der Waals surface area contributed by atoms with Crippen molar-refractivity contribution in [3.05, 3.63) is 65.6 Å². The van der Waals surface area contributed by atoms with Gasteiger partial charge in [-0.15, -0.1) is 0 Å². The SMILES string of the molecule is CCOC(=O)/C(C(N)=NCc1ccco1)=C(\O)c1ccccc1. The minimum absolute atomic E-state index is 0.110. The Bertz CT molecular complexity index is 703. The zero-order valence-corrected chi connectivity index (χ0v) is 12.7. The van der Waals surface area contributed by atoms with Gasteiger partial charge in [-0.3, -0.25) is 4.99 Å². The van der Waals surface area contributed by atoms with E-state index in [1.165, 1.54) is 6.26 Å². The molecule has 0 radical (unpaired) electrons. The molecule has 1 aromatic heterocycles. The van der Waals surface area contributed by atoms with Gasteiger partial charge in [-0.1, -0.05) is 30.3 Å². The van der Waals surface area contributed by atoms with Crippen LogP contribution in [0.1, 0.15) is 18.2 Å². The Kier molecular flexibility index (Phi) is 5.57. The number of benzene rings is 1. The second-order valence-electron chi connectivity index (χ2n) is 4.59. The van der Waals surface area contributed by atoms with E-state index in [2.05, 4.69) is 4.99 Å². The summed E-state index contributed by atoms with van der Waals surface area (Å²) in [6.45, 7) is 1.99. The highest BCUT2D eigenvalue weighted by Gasteiger charge is 2.21. The number of aliphatic hydroxyl groups is 1. The number of ether oxygens (including phenoxy) is 1. The van der Waals surface area contributed by atoms with Crippen molar-refractivity contribution >= 4 is 17.6 Å². The van der Waals surface area contributed by atoms with Gasteiger partial charge < -0.3 is 20.0 Å². The van der Waals surface area contributed by atoms with E-state index in [1.807, 2.05) is 0 Å². The van der Waals surface area contributed by atoms with Crippen molar-refractivity contribution in [2.75, 3.05) is 6.61 Å². The van der Waals surface area contributed by atoms with Crippen molar-refractivity contribution < 1.29 is 19.1 Å². The van der Waals surface area contributed by atoms with Gasteiger partial charge in [0.2, 0.25) is 0 Å². The molecule has 0 aliphatic rings. The number of carbonyl (C=O) groups excluding carboxylic acids is 1. The van der Waals surface area contributed by atoms with Crippen molar-refractivity contribution in [1.82, 2.24) is 0 Å². The Hall–Kier alpha value is -3.02. The lowest BCUT2D eigenvalue weighted by molar-refractivity contribution is -0.137. The van der Waals surface area contributed by atoms with E-state index in [9.17, 15) is 9.90 Å². The predicted molar refractivity (Wildman–Crippen MR) is 86.7 cm³/mol. The first kappa shape index (κ1) is 16.4. The second-order valence-corrected chi connectivity index (χ2v) is 4.59. The summed E-state index contributed by atoms with van der Waals surface area (Å²) in [5.41, 5.74) is 6.18. The Balaban J connectivity index is 2.37. The quantitative estimate of drug-likeness (QED) is 0.281. The topological polar surface area (TPSA) is 98.1 Å². The van der Waals surface area contributed by atoms with Crippen LogP contribution in [0.2, 0.25) is 0 Å². The summed E-state index contributed by atoms with van der Waals surface area (Å²) in [5.74, 6) is -0.518. The lowest BCUT2D eigenvalue weighted by Crippen LogP contribution is -2.25. The normalized spacial score (nSPS) is 12.7. The average molecular weight is 314 g/mol. The summed E-state index contributed by atoms with van der Waals surface area (Å²) in [4.78, 5) is 16.2. The van der Waals surface area contributed by atoms with Gasteiger partial charge in [-0.2, -0.15) is 0 Å². The van der Waals surface area contributed by atoms with Crippen molar-refractivity contribution in [2.45, 2.75) is 13.5 Å². The third kappa shape index (κ3) is 4.23. The summed E-state index contributed by atoms with van der Waals surface area (Å²) < 4.78 is 10.1. The van der Waals surface area contributed by atoms with E-state index in [4.69, 9.17) is 14.9 Å². The summed E-state index contributed by atoms with van der Waals surface area (Å²) in [6, 6.07) is 12.1. The number of rotatable bonds is 6. The molecule has 0 fully saturated rings. The third-order valence-corrected chi connectivity index (χ3v) is 3.01. The first-order valence-corrected chi connectivity index (χ1v) is 7.12. The van der Waals surface area contributed by atoms with Crippen LogP contribution in [-0.4, -0.2) is 23.5 Å². The number of nitrogens with zero attached hydrogens (tertiary/aromatic N) is 1. The standard InChI is InChI=1S/C17H18N2O4/c1-2-22-17(21)14(15(20)12-7-4-3-5-8-12)16(18)19-11-13-9-6-10-23-13/h3-10,20H,2,11H2,1H3,(H2,18,19)/b15-14-. The maximum absolute atomic E-state index is 12.1. The lowest BCUT2D eigenvalue weighted by Gasteiger charge is -2.10. The van der Waals surface area contributed by atoms with Crippen LogP contribution in [0.5, 0.6) is 0 Å². The van der Waals surface area contributed by atoms with Crippen LogP contribution in [0, 0.1) is 0 Å². The van der Waals surface area contributed by atoms with Gasteiger partial charge in [0, 0.05) is 5.56 Å². The zero-order chi connectivity index (χ0) is 16.7. The van der Waals surface area contributed by atoms with E-state index in [-0.39, 0.29) is 30.3 Å². The molecule has 0 amide bonds. The maximum Gasteiger partial charge on any atom is 0.345 e. The zero-order valence-electron chi connectivity index (χ0n) is 12.7. The van der Waals surface area contributed by atoms with E-state index < -0.39 is 5.97 Å². The van der Waals surface area contributed by atoms with E-state index in [0.29, 0.717) is 11.3 Å². The third-order valence-electron chi connectivity index (χ3n) is 3.01. The average Bonchev–Trinajstić information content (AvgIpc) is 3.07. The number of nitrogens with two attached hydrogens (primary N) is 1. The molecule has 120 valence electrons. The van der Waals surface area contributed by atoms with Crippen LogP contribution in [-0.2, 0) is 16.1 Å². The molecule has 23 heavy (non-hydrogen) atoms. The summed E-state index contributed by atoms with van der Waals surface area (Å²) in [6.07, 6.45) is 1.52. The number of amidine groups is 1. The smallest absolute Gasteiger partial charge is 0.345 e. The molecule has 0 aliphatic heterocycles. The summed E-state index contributed by atoms with van der Waals surface area (Å²) >= 11 is 0. The molecule has 0 saturated carbocycles. The predicted octanol–water partition coefficient (Wildman–Crippen LogP) is 2.67. The van der Waals surface area contributed by atoms with Crippen LogP contribution in [0.15, 0.2) is 63.7 Å². The number of hydrogen-bond acceptors (Lipinski definition) is 5. The first-order chi connectivity index (χ1) is 11.1. The molecule has 1 aromatic carbocycles. The minimum Gasteiger partial charge on any atom is -0.506 e. The fraction of sp³-hybridized carbons (Fsp3) is 0.176. The molecular weight excluding hydrogens is 296 g/mol. The number of esters is 1. The highest BCUT2D eigenvalue weighted by atomic mass is 16.5. The molecule has 0 spiro atoms. The van der Waals surface area contributed by atoms with Crippen molar-refractivity contribution in [2.24, 2.45) is 10.7 Å². The van der Waals surface area contributed by atoms with Gasteiger partial charge in [0.05, 0.1) is 19.4 Å². The Morgan fingerprint density at radius 3 is 2.61 bits per heavy atom. The number of hydrogen-bond donors (Lipinski definition) is 2. The Morgan fingerprint density at radius 2 is 2.00 bits per heavy atom. The molecule has 0 atom stereocenters. The highest BCUT2D eigenvalue weighted by Crippen LogP contribution is 2.17. The second kappa shape index (κ2) is 7.84. The summed E-state index contributed by atoms with van der Waals surface area (Å²) in [7, 11) is 0. The minimum atomic E-state index is -0.727. The molecule has 2 rings (SSSR count). The molecule has 2 aromatic rings. The van der Waals surface area contributed by atoms with E-state index in [0.717, 1.165) is 0 Å². The van der Waals surface area contributed by atoms with E-state index in [1.54, 1.807) is 49.4 Å². The Morgan fingerprint density at radius 1 is 1.26 bits per heavy atom. The van der Waals surface area contributed by atoms with Gasteiger partial charge in [-0.05, 0) is 19.1 Å². The van der Waals surface area contributed by atoms with Crippen molar-refractivity contribution in [1.29, 1.82) is 0 Å². The summed E-state index contributed by atoms with van der Waals surface area (Å²) in [5, 5.41) is 10.4. The Labute approximate surface area is 133 Å². The molecule has 6 nitrogen and oxygen atoms in total. The van der Waals surface area contributed by atoms with Gasteiger partial charge >= 0.3 is 5.97 Å². The molecule has 0 aliphatic carbocycles. The van der Waals surface area contributed by atoms with Crippen LogP contribution in [0.3, 0.4) is 0 Å². The molecule has 0 unspecified atom stereocenters. The van der Waals surface area contributed by atoms with E-state index >= 15 is 0 Å². The fourth-order valence-corrected chi connectivity index (χ4v) is 1.91. The largest absolute Gasteiger partial charge is 0.506 e. The molecule has 3 N–H and O–H groups in total. The molecule has 1 heterocycles. The molecule has 6 heteroatoms. The van der Waals surface area contributed by atoms with Gasteiger partial charge in [-0.25, -0.2) is 4.79 Å². The van der Waals surface area contributed by atoms with Crippen LogP contribution in [0.4, 0.5) is 0 Å². The van der Waals surface area contributed by atoms with Gasteiger partial charge in [0.25, 0.3) is 0 Å². The van der Waals surface area contributed by atoms with Crippen LogP contribution >= 0.6 is 0 Å². The number of aliphatic hydroxyl groups excluding tert-OH is 1. The van der Waals surface area contributed by atoms with Gasteiger partial charge in [0.15, 0.2) is 0 Å². The van der Waals surface area contributed by atoms with Crippen LogP contribution in [0.25, 0.3) is 5.76 Å². The number of aliphatic imine (C=N–C) groups is 1. The van der Waals surface area contributed by atoms with Crippen LogP contribution < -0.4 is 5.73 Å². The molecule has 0 bridgehead atoms. The molecule has 0 saturated heterocycles. The lowest BCUT2D eigenvalue weighted by atomic mass is 10.1. The fourth-order valence-electron chi connectivity index (χ4n) is 1.91. The monoisotopic (exact) mass is 314 g/mol. The molecular formula is C17H18N2O4. The number of furan rings is 1. The number of carbonyl (C=O) groups is 1. The first-order valence-electron chi connectivity index (χ1n) is 7.12. The van der Waals surface area contributed by atoms with Gasteiger partial charge in [0.1, 0.15) is 22.9 Å². The van der Waals surface area contributed by atoms with Crippen molar-refractivity contribution in [3.63, 3.8) is 0 Å². The van der Waals surface area contributed by atoms with Crippen molar-refractivity contribution in [3.8, 4) is 0 Å². The maximum atomic E-state index is 12.1.